The molecule has 28 heavy (non-hydrogen) atoms. The third-order valence-corrected chi connectivity index (χ3v) is 6.01. The number of rotatable bonds is 6. The molecule has 1 aliphatic heterocycles. The Morgan fingerprint density at radius 3 is 2.54 bits per heavy atom. The zero-order valence-electron chi connectivity index (χ0n) is 17.0. The lowest BCUT2D eigenvalue weighted by Gasteiger charge is -2.33. The Hall–Kier alpha value is -2.50. The minimum Gasteiger partial charge on any atom is -0.497 e. The van der Waals surface area contributed by atoms with Crippen molar-refractivity contribution in [3.05, 3.63) is 41.5 Å². The number of benzene rings is 1. The lowest BCUT2D eigenvalue weighted by atomic mass is 9.95. The molecule has 1 amide bonds. The molecule has 2 aromatic rings. The number of likely N-dealkylation sites (tertiary alicyclic amines) is 1. The molecule has 0 bridgehead atoms. The van der Waals surface area contributed by atoms with Crippen molar-refractivity contribution in [2.45, 2.75) is 45.1 Å². The molecule has 6 nitrogen and oxygen atoms in total. The molecule has 150 valence electrons. The normalized spacial score (nSPS) is 17.6. The highest BCUT2D eigenvalue weighted by molar-refractivity contribution is 5.97. The number of hydrogen-bond donors (Lipinski definition) is 0. The van der Waals surface area contributed by atoms with Gasteiger partial charge in [0.2, 0.25) is 0 Å². The van der Waals surface area contributed by atoms with Gasteiger partial charge < -0.3 is 18.9 Å². The summed E-state index contributed by atoms with van der Waals surface area (Å²) in [6.45, 7) is 4.73. The number of carbonyl (C=O) groups excluding carboxylic acids is 1. The van der Waals surface area contributed by atoms with Gasteiger partial charge in [0.15, 0.2) is 0 Å². The molecule has 2 heterocycles. The van der Waals surface area contributed by atoms with E-state index < -0.39 is 0 Å². The van der Waals surface area contributed by atoms with Gasteiger partial charge in [-0.1, -0.05) is 0 Å². The number of hydrogen-bond acceptors (Lipinski definition) is 4. The molecule has 1 aromatic heterocycles. The zero-order valence-corrected chi connectivity index (χ0v) is 17.0. The highest BCUT2D eigenvalue weighted by Crippen LogP contribution is 2.40. The van der Waals surface area contributed by atoms with Crippen LogP contribution in [0.25, 0.3) is 0 Å². The summed E-state index contributed by atoms with van der Waals surface area (Å²) >= 11 is 0. The molecule has 0 atom stereocenters. The third kappa shape index (κ3) is 3.73. The maximum atomic E-state index is 13.0. The average Bonchev–Trinajstić information content (AvgIpc) is 3.51. The largest absolute Gasteiger partial charge is 0.497 e. The van der Waals surface area contributed by atoms with Crippen molar-refractivity contribution in [1.82, 2.24) is 14.5 Å². The number of carbonyl (C=O) groups is 1. The van der Waals surface area contributed by atoms with E-state index in [0.29, 0.717) is 28.9 Å². The first kappa shape index (κ1) is 18.8. The fraction of sp³-hybridized carbons (Fsp3) is 0.545. The van der Waals surface area contributed by atoms with Crippen LogP contribution in [0.5, 0.6) is 11.5 Å². The predicted molar refractivity (Wildman–Crippen MR) is 107 cm³/mol. The van der Waals surface area contributed by atoms with E-state index in [9.17, 15) is 4.79 Å². The fourth-order valence-electron chi connectivity index (χ4n) is 4.11. The monoisotopic (exact) mass is 383 g/mol. The number of ether oxygens (including phenoxy) is 2. The molecule has 0 radical (unpaired) electrons. The number of amides is 1. The molecule has 2 fully saturated rings. The summed E-state index contributed by atoms with van der Waals surface area (Å²) in [4.78, 5) is 19.6. The first-order valence-corrected chi connectivity index (χ1v) is 10.1. The minimum absolute atomic E-state index is 0.0374. The van der Waals surface area contributed by atoms with Crippen molar-refractivity contribution in [3.63, 3.8) is 0 Å². The van der Waals surface area contributed by atoms with Gasteiger partial charge in [-0.05, 0) is 50.7 Å². The highest BCUT2D eigenvalue weighted by Gasteiger charge is 2.31. The van der Waals surface area contributed by atoms with Crippen molar-refractivity contribution in [3.8, 4) is 11.5 Å². The van der Waals surface area contributed by atoms with E-state index in [-0.39, 0.29) is 5.91 Å². The summed E-state index contributed by atoms with van der Waals surface area (Å²) < 4.78 is 13.0. The van der Waals surface area contributed by atoms with Crippen LogP contribution in [-0.4, -0.2) is 47.7 Å². The molecule has 1 saturated heterocycles. The van der Waals surface area contributed by atoms with E-state index in [4.69, 9.17) is 9.47 Å². The van der Waals surface area contributed by atoms with Crippen LogP contribution >= 0.6 is 0 Å². The van der Waals surface area contributed by atoms with Crippen molar-refractivity contribution in [2.75, 3.05) is 27.3 Å². The Morgan fingerprint density at radius 1 is 1.14 bits per heavy atom. The van der Waals surface area contributed by atoms with Crippen LogP contribution in [0, 0.1) is 12.8 Å². The SMILES string of the molecule is COc1ccc(C(=O)N2CCC(Cn3c(C)cnc3C3CC3)CC2)c(OC)c1. The van der Waals surface area contributed by atoms with Crippen LogP contribution < -0.4 is 9.47 Å². The van der Waals surface area contributed by atoms with Gasteiger partial charge in [-0.15, -0.1) is 0 Å². The maximum Gasteiger partial charge on any atom is 0.257 e. The van der Waals surface area contributed by atoms with E-state index >= 15 is 0 Å². The molecule has 4 rings (SSSR count). The number of aromatic nitrogens is 2. The molecule has 6 heteroatoms. The summed E-state index contributed by atoms with van der Waals surface area (Å²) in [5.41, 5.74) is 1.85. The molecular formula is C22H29N3O3. The third-order valence-electron chi connectivity index (χ3n) is 6.01. The van der Waals surface area contributed by atoms with Gasteiger partial charge in [0, 0.05) is 43.5 Å². The van der Waals surface area contributed by atoms with Gasteiger partial charge in [0.25, 0.3) is 5.91 Å². The number of nitrogens with zero attached hydrogens (tertiary/aromatic N) is 3. The highest BCUT2D eigenvalue weighted by atomic mass is 16.5. The Morgan fingerprint density at radius 2 is 1.89 bits per heavy atom. The molecule has 0 N–H and O–H groups in total. The standard InChI is InChI=1S/C22H29N3O3/c1-15-13-23-21(17-4-5-17)25(15)14-16-8-10-24(11-9-16)22(26)19-7-6-18(27-2)12-20(19)28-3/h6-7,12-13,16-17H,4-5,8-11,14H2,1-3H3. The van der Waals surface area contributed by atoms with E-state index in [2.05, 4.69) is 16.5 Å². The molecule has 2 aliphatic rings. The van der Waals surface area contributed by atoms with Crippen molar-refractivity contribution in [1.29, 1.82) is 0 Å². The lowest BCUT2D eigenvalue weighted by molar-refractivity contribution is 0.0679. The second-order valence-corrected chi connectivity index (χ2v) is 7.94. The van der Waals surface area contributed by atoms with Crippen LogP contribution in [0.1, 0.15) is 53.5 Å². The van der Waals surface area contributed by atoms with Crippen LogP contribution in [0.15, 0.2) is 24.4 Å². The van der Waals surface area contributed by atoms with Gasteiger partial charge in [0.1, 0.15) is 17.3 Å². The van der Waals surface area contributed by atoms with E-state index in [1.165, 1.54) is 24.4 Å². The number of aryl methyl sites for hydroxylation is 1. The van der Waals surface area contributed by atoms with Gasteiger partial charge in [-0.25, -0.2) is 4.98 Å². The summed E-state index contributed by atoms with van der Waals surface area (Å²) in [7, 11) is 3.19. The minimum atomic E-state index is 0.0374. The Bertz CT molecular complexity index is 849. The van der Waals surface area contributed by atoms with E-state index in [0.717, 1.165) is 32.5 Å². The fourth-order valence-corrected chi connectivity index (χ4v) is 4.11. The van der Waals surface area contributed by atoms with Crippen LogP contribution in [0.3, 0.4) is 0 Å². The van der Waals surface area contributed by atoms with Gasteiger partial charge in [0.05, 0.1) is 19.8 Å². The van der Waals surface area contributed by atoms with E-state index in [1.54, 1.807) is 26.4 Å². The van der Waals surface area contributed by atoms with Crippen molar-refractivity contribution in [2.24, 2.45) is 5.92 Å². The first-order chi connectivity index (χ1) is 13.6. The van der Waals surface area contributed by atoms with E-state index in [1.807, 2.05) is 17.2 Å². The molecule has 1 aliphatic carbocycles. The number of methoxy groups -OCH3 is 2. The quantitative estimate of drug-likeness (QED) is 0.764. The molecule has 1 aromatic carbocycles. The maximum absolute atomic E-state index is 13.0. The van der Waals surface area contributed by atoms with Gasteiger partial charge >= 0.3 is 0 Å². The Balaban J connectivity index is 1.39. The topological polar surface area (TPSA) is 56.6 Å². The first-order valence-electron chi connectivity index (χ1n) is 10.1. The van der Waals surface area contributed by atoms with Crippen LogP contribution in [0.2, 0.25) is 0 Å². The average molecular weight is 383 g/mol. The molecule has 0 unspecified atom stereocenters. The van der Waals surface area contributed by atoms with Gasteiger partial charge in [-0.3, -0.25) is 4.79 Å². The van der Waals surface area contributed by atoms with Crippen LogP contribution in [-0.2, 0) is 6.54 Å². The molecular weight excluding hydrogens is 354 g/mol. The van der Waals surface area contributed by atoms with Crippen molar-refractivity contribution >= 4 is 5.91 Å². The second kappa shape index (κ2) is 7.86. The Labute approximate surface area is 166 Å². The van der Waals surface area contributed by atoms with Gasteiger partial charge in [-0.2, -0.15) is 0 Å². The lowest BCUT2D eigenvalue weighted by Crippen LogP contribution is -2.39. The zero-order chi connectivity index (χ0) is 19.7. The Kier molecular flexibility index (Phi) is 5.29. The van der Waals surface area contributed by atoms with Crippen molar-refractivity contribution < 1.29 is 14.3 Å². The smallest absolute Gasteiger partial charge is 0.257 e. The number of piperidine rings is 1. The van der Waals surface area contributed by atoms with Crippen LogP contribution in [0.4, 0.5) is 0 Å². The molecule has 0 spiro atoms. The molecule has 1 saturated carbocycles. The summed E-state index contributed by atoms with van der Waals surface area (Å²) in [5, 5.41) is 0. The number of imidazole rings is 1. The summed E-state index contributed by atoms with van der Waals surface area (Å²) in [5.74, 6) is 3.81. The summed E-state index contributed by atoms with van der Waals surface area (Å²) in [6, 6.07) is 5.37. The predicted octanol–water partition coefficient (Wildman–Crippen LogP) is 3.64. The summed E-state index contributed by atoms with van der Waals surface area (Å²) in [6.07, 6.45) is 6.58. The second-order valence-electron chi connectivity index (χ2n) is 7.94.